The monoisotopic (exact) mass is 206 g/mol. The lowest BCUT2D eigenvalue weighted by Gasteiger charge is -2.09. The summed E-state index contributed by atoms with van der Waals surface area (Å²) in [5.41, 5.74) is 0.807. The number of rotatable bonds is 6. The van der Waals surface area contributed by atoms with Crippen molar-refractivity contribution < 1.29 is 9.53 Å². The maximum Gasteiger partial charge on any atom is 0.163 e. The van der Waals surface area contributed by atoms with Gasteiger partial charge in [0, 0.05) is 25.7 Å². The number of methoxy groups -OCH3 is 1. The van der Waals surface area contributed by atoms with Crippen molar-refractivity contribution in [2.45, 2.75) is 19.8 Å². The number of carbonyl (C=O) groups excluding carboxylic acids is 1. The summed E-state index contributed by atoms with van der Waals surface area (Å²) in [5.74, 6) is 0.608. The van der Waals surface area contributed by atoms with Gasteiger partial charge in [-0.15, -0.1) is 0 Å². The van der Waals surface area contributed by atoms with Gasteiger partial charge in [-0.2, -0.15) is 0 Å². The predicted octanol–water partition coefficient (Wildman–Crippen LogP) is 2.93. The van der Waals surface area contributed by atoms with Gasteiger partial charge < -0.3 is 4.74 Å². The summed E-state index contributed by atoms with van der Waals surface area (Å²) in [4.78, 5) is 11.8. The van der Waals surface area contributed by atoms with Crippen LogP contribution in [0.3, 0.4) is 0 Å². The number of hydrogen-bond acceptors (Lipinski definition) is 2. The minimum Gasteiger partial charge on any atom is -0.385 e. The van der Waals surface area contributed by atoms with Gasteiger partial charge in [0.15, 0.2) is 5.78 Å². The third kappa shape index (κ3) is 4.26. The van der Waals surface area contributed by atoms with E-state index < -0.39 is 0 Å². The smallest absolute Gasteiger partial charge is 0.163 e. The van der Waals surface area contributed by atoms with E-state index in [0.29, 0.717) is 12.3 Å². The van der Waals surface area contributed by atoms with Gasteiger partial charge in [0.25, 0.3) is 0 Å². The standard InChI is InChI=1S/C13H18O2/c1-11(8-9-15-2)10-13(14)12-6-4-3-5-7-12/h3-7,11H,8-10H2,1-2H3. The fourth-order valence-corrected chi connectivity index (χ4v) is 1.48. The average molecular weight is 206 g/mol. The van der Waals surface area contributed by atoms with Crippen LogP contribution >= 0.6 is 0 Å². The number of ether oxygens (including phenoxy) is 1. The highest BCUT2D eigenvalue weighted by atomic mass is 16.5. The van der Waals surface area contributed by atoms with Crippen LogP contribution in [0.25, 0.3) is 0 Å². The van der Waals surface area contributed by atoms with Crippen LogP contribution in [0.4, 0.5) is 0 Å². The van der Waals surface area contributed by atoms with Crippen LogP contribution in [-0.4, -0.2) is 19.5 Å². The minimum absolute atomic E-state index is 0.221. The Hall–Kier alpha value is -1.15. The normalized spacial score (nSPS) is 12.4. The molecule has 2 nitrogen and oxygen atoms in total. The van der Waals surface area contributed by atoms with Crippen LogP contribution in [0.5, 0.6) is 0 Å². The summed E-state index contributed by atoms with van der Waals surface area (Å²) in [6.07, 6.45) is 1.54. The molecule has 0 saturated carbocycles. The van der Waals surface area contributed by atoms with Crippen LogP contribution in [-0.2, 0) is 4.74 Å². The van der Waals surface area contributed by atoms with Crippen molar-refractivity contribution in [3.63, 3.8) is 0 Å². The first-order chi connectivity index (χ1) is 7.24. The van der Waals surface area contributed by atoms with E-state index >= 15 is 0 Å². The second kappa shape index (κ2) is 6.36. The lowest BCUT2D eigenvalue weighted by Crippen LogP contribution is -2.08. The third-order valence-corrected chi connectivity index (χ3v) is 2.44. The molecule has 0 radical (unpaired) electrons. The minimum atomic E-state index is 0.221. The van der Waals surface area contributed by atoms with Crippen molar-refractivity contribution in [3.8, 4) is 0 Å². The van der Waals surface area contributed by atoms with Crippen molar-refractivity contribution in [1.29, 1.82) is 0 Å². The summed E-state index contributed by atoms with van der Waals surface area (Å²) in [7, 11) is 1.69. The lowest BCUT2D eigenvalue weighted by molar-refractivity contribution is 0.0952. The van der Waals surface area contributed by atoms with E-state index in [1.165, 1.54) is 0 Å². The molecule has 0 aliphatic heterocycles. The van der Waals surface area contributed by atoms with E-state index in [0.717, 1.165) is 18.6 Å². The Labute approximate surface area is 91.3 Å². The average Bonchev–Trinajstić information content (AvgIpc) is 2.27. The maximum absolute atomic E-state index is 11.8. The van der Waals surface area contributed by atoms with E-state index in [1.807, 2.05) is 30.3 Å². The molecule has 82 valence electrons. The molecule has 0 bridgehead atoms. The molecule has 1 aromatic rings. The second-order valence-corrected chi connectivity index (χ2v) is 3.88. The van der Waals surface area contributed by atoms with Crippen molar-refractivity contribution >= 4 is 5.78 Å². The first-order valence-corrected chi connectivity index (χ1v) is 5.31. The van der Waals surface area contributed by atoms with Crippen molar-refractivity contribution in [1.82, 2.24) is 0 Å². The fourth-order valence-electron chi connectivity index (χ4n) is 1.48. The molecule has 2 heteroatoms. The molecule has 0 amide bonds. The van der Waals surface area contributed by atoms with Crippen molar-refractivity contribution in [2.24, 2.45) is 5.92 Å². The molecule has 0 spiro atoms. The first-order valence-electron chi connectivity index (χ1n) is 5.31. The number of benzene rings is 1. The first kappa shape index (κ1) is 11.9. The van der Waals surface area contributed by atoms with E-state index in [2.05, 4.69) is 6.92 Å². The zero-order valence-electron chi connectivity index (χ0n) is 9.40. The Morgan fingerprint density at radius 3 is 2.60 bits per heavy atom. The second-order valence-electron chi connectivity index (χ2n) is 3.88. The number of hydrogen-bond donors (Lipinski definition) is 0. The van der Waals surface area contributed by atoms with Gasteiger partial charge in [-0.05, 0) is 12.3 Å². The van der Waals surface area contributed by atoms with Gasteiger partial charge in [0.05, 0.1) is 0 Å². The molecular formula is C13H18O2. The molecule has 0 N–H and O–H groups in total. The van der Waals surface area contributed by atoms with Crippen molar-refractivity contribution in [2.75, 3.05) is 13.7 Å². The molecule has 1 aromatic carbocycles. The van der Waals surface area contributed by atoms with Gasteiger partial charge >= 0.3 is 0 Å². The lowest BCUT2D eigenvalue weighted by atomic mass is 9.97. The summed E-state index contributed by atoms with van der Waals surface area (Å²) in [6, 6.07) is 9.45. The summed E-state index contributed by atoms with van der Waals surface area (Å²) in [6.45, 7) is 2.81. The van der Waals surface area contributed by atoms with E-state index in [4.69, 9.17) is 4.74 Å². The van der Waals surface area contributed by atoms with Gasteiger partial charge in [-0.3, -0.25) is 4.79 Å². The van der Waals surface area contributed by atoms with Crippen LogP contribution in [0, 0.1) is 5.92 Å². The summed E-state index contributed by atoms with van der Waals surface area (Å²) in [5, 5.41) is 0. The Morgan fingerprint density at radius 2 is 2.00 bits per heavy atom. The fraction of sp³-hybridized carbons (Fsp3) is 0.462. The molecule has 1 rings (SSSR count). The Balaban J connectivity index is 2.42. The zero-order chi connectivity index (χ0) is 11.1. The molecule has 1 atom stereocenters. The summed E-state index contributed by atoms with van der Waals surface area (Å²) < 4.78 is 4.99. The van der Waals surface area contributed by atoms with E-state index in [-0.39, 0.29) is 5.78 Å². The molecule has 0 aromatic heterocycles. The van der Waals surface area contributed by atoms with Crippen LogP contribution in [0.1, 0.15) is 30.1 Å². The highest BCUT2D eigenvalue weighted by Gasteiger charge is 2.10. The topological polar surface area (TPSA) is 26.3 Å². The van der Waals surface area contributed by atoms with Gasteiger partial charge in [0.2, 0.25) is 0 Å². The molecule has 1 unspecified atom stereocenters. The molecule has 15 heavy (non-hydrogen) atoms. The number of carbonyl (C=O) groups is 1. The Bertz CT molecular complexity index is 293. The van der Waals surface area contributed by atoms with Gasteiger partial charge in [0.1, 0.15) is 0 Å². The third-order valence-electron chi connectivity index (χ3n) is 2.44. The number of ketones is 1. The SMILES string of the molecule is COCCC(C)CC(=O)c1ccccc1. The highest BCUT2D eigenvalue weighted by molar-refractivity contribution is 5.96. The molecule has 0 aliphatic rings. The molecular weight excluding hydrogens is 188 g/mol. The van der Waals surface area contributed by atoms with E-state index in [9.17, 15) is 4.79 Å². The zero-order valence-corrected chi connectivity index (χ0v) is 9.40. The van der Waals surface area contributed by atoms with Crippen LogP contribution in [0.15, 0.2) is 30.3 Å². The number of Topliss-reactive ketones (excluding diaryl/α,β-unsaturated/α-hetero) is 1. The van der Waals surface area contributed by atoms with Crippen molar-refractivity contribution in [3.05, 3.63) is 35.9 Å². The summed E-state index contributed by atoms with van der Waals surface area (Å²) >= 11 is 0. The maximum atomic E-state index is 11.8. The Morgan fingerprint density at radius 1 is 1.33 bits per heavy atom. The largest absolute Gasteiger partial charge is 0.385 e. The van der Waals surface area contributed by atoms with Gasteiger partial charge in [-0.1, -0.05) is 37.3 Å². The quantitative estimate of drug-likeness (QED) is 0.669. The van der Waals surface area contributed by atoms with Crippen LogP contribution in [0.2, 0.25) is 0 Å². The molecule has 0 heterocycles. The van der Waals surface area contributed by atoms with Gasteiger partial charge in [-0.25, -0.2) is 0 Å². The molecule has 0 aliphatic carbocycles. The molecule has 0 fully saturated rings. The van der Waals surface area contributed by atoms with E-state index in [1.54, 1.807) is 7.11 Å². The Kier molecular flexibility index (Phi) is 5.05. The highest BCUT2D eigenvalue weighted by Crippen LogP contribution is 2.12. The van der Waals surface area contributed by atoms with Crippen LogP contribution < -0.4 is 0 Å². The predicted molar refractivity (Wildman–Crippen MR) is 61.0 cm³/mol. The molecule has 0 saturated heterocycles.